The second-order valence-corrected chi connectivity index (χ2v) is 2.72. The van der Waals surface area contributed by atoms with E-state index in [-0.39, 0.29) is 12.2 Å². The highest BCUT2D eigenvalue weighted by Crippen LogP contribution is 2.09. The topological polar surface area (TPSA) is 46.5 Å². The van der Waals surface area contributed by atoms with Gasteiger partial charge in [0.15, 0.2) is 0 Å². The smallest absolute Gasteiger partial charge is 0.334 e. The van der Waals surface area contributed by atoms with Gasteiger partial charge in [-0.3, -0.25) is 0 Å². The third-order valence-corrected chi connectivity index (χ3v) is 1.76. The maximum Gasteiger partial charge on any atom is 0.334 e. The Balaban J connectivity index is 2.53. The van der Waals surface area contributed by atoms with E-state index in [1.165, 1.54) is 6.08 Å². The van der Waals surface area contributed by atoms with Crippen LogP contribution in [0.4, 0.5) is 0 Å². The van der Waals surface area contributed by atoms with E-state index in [4.69, 9.17) is 9.84 Å². The van der Waals surface area contributed by atoms with Crippen LogP contribution in [0.2, 0.25) is 0 Å². The zero-order chi connectivity index (χ0) is 10.4. The molecule has 3 heteroatoms. The lowest BCUT2D eigenvalue weighted by Gasteiger charge is -2.05. The molecular formula is C11H12O3. The van der Waals surface area contributed by atoms with Gasteiger partial charge in [-0.25, -0.2) is 4.79 Å². The summed E-state index contributed by atoms with van der Waals surface area (Å²) in [7, 11) is 0. The summed E-state index contributed by atoms with van der Waals surface area (Å²) < 4.78 is 5.27. The summed E-state index contributed by atoms with van der Waals surface area (Å²) in [6.45, 7) is 1.77. The molecule has 3 nitrogen and oxygen atoms in total. The predicted octanol–water partition coefficient (Wildman–Crippen LogP) is 2.10. The Bertz CT molecular complexity index is 328. The molecule has 14 heavy (non-hydrogen) atoms. The third-order valence-electron chi connectivity index (χ3n) is 1.76. The van der Waals surface area contributed by atoms with Crippen molar-refractivity contribution in [3.8, 4) is 5.75 Å². The van der Waals surface area contributed by atoms with E-state index in [1.54, 1.807) is 19.1 Å². The molecule has 1 aromatic rings. The minimum absolute atomic E-state index is 0.0931. The summed E-state index contributed by atoms with van der Waals surface area (Å²) in [4.78, 5) is 10.6. The van der Waals surface area contributed by atoms with Crippen LogP contribution in [0.5, 0.6) is 5.75 Å². The van der Waals surface area contributed by atoms with Crippen LogP contribution >= 0.6 is 0 Å². The highest BCUT2D eigenvalue weighted by atomic mass is 16.5. The first-order chi connectivity index (χ1) is 6.74. The van der Waals surface area contributed by atoms with Crippen molar-refractivity contribution >= 4 is 5.97 Å². The zero-order valence-corrected chi connectivity index (χ0v) is 7.93. The summed E-state index contributed by atoms with van der Waals surface area (Å²) in [5.41, 5.74) is 0.258. The number of ether oxygens (including phenoxy) is 1. The number of hydrogen-bond donors (Lipinski definition) is 1. The molecule has 1 rings (SSSR count). The minimum Gasteiger partial charge on any atom is -0.489 e. The Kier molecular flexibility index (Phi) is 3.73. The molecule has 0 amide bonds. The first-order valence-corrected chi connectivity index (χ1v) is 4.30. The van der Waals surface area contributed by atoms with E-state index in [0.717, 1.165) is 0 Å². The van der Waals surface area contributed by atoms with Crippen molar-refractivity contribution in [2.45, 2.75) is 6.92 Å². The number of carboxylic acids is 1. The maximum absolute atomic E-state index is 10.6. The molecule has 0 heterocycles. The molecule has 0 bridgehead atoms. The number of para-hydroxylation sites is 1. The van der Waals surface area contributed by atoms with Crippen LogP contribution in [0.1, 0.15) is 6.92 Å². The SMILES string of the molecule is C/C=C(\COc1ccccc1)C(=O)O. The lowest BCUT2D eigenvalue weighted by Crippen LogP contribution is -2.09. The van der Waals surface area contributed by atoms with Crippen molar-refractivity contribution in [3.05, 3.63) is 42.0 Å². The van der Waals surface area contributed by atoms with Crippen molar-refractivity contribution in [2.24, 2.45) is 0 Å². The molecule has 1 aromatic carbocycles. The van der Waals surface area contributed by atoms with Gasteiger partial charge in [0.1, 0.15) is 12.4 Å². The maximum atomic E-state index is 10.6. The van der Waals surface area contributed by atoms with E-state index in [9.17, 15) is 4.79 Å². The Morgan fingerprint density at radius 3 is 2.57 bits per heavy atom. The molecule has 0 aliphatic rings. The zero-order valence-electron chi connectivity index (χ0n) is 7.93. The molecule has 0 radical (unpaired) electrons. The number of hydrogen-bond acceptors (Lipinski definition) is 2. The first kappa shape index (κ1) is 10.3. The molecule has 0 aliphatic carbocycles. The van der Waals surface area contributed by atoms with E-state index < -0.39 is 5.97 Å². The van der Waals surface area contributed by atoms with E-state index in [1.807, 2.05) is 18.2 Å². The van der Waals surface area contributed by atoms with Gasteiger partial charge in [-0.15, -0.1) is 0 Å². The lowest BCUT2D eigenvalue weighted by atomic mass is 10.3. The first-order valence-electron chi connectivity index (χ1n) is 4.30. The molecule has 74 valence electrons. The molecule has 0 saturated heterocycles. The van der Waals surface area contributed by atoms with Crippen molar-refractivity contribution in [1.29, 1.82) is 0 Å². The molecular weight excluding hydrogens is 180 g/mol. The second kappa shape index (κ2) is 5.07. The van der Waals surface area contributed by atoms with Gasteiger partial charge in [-0.1, -0.05) is 24.3 Å². The van der Waals surface area contributed by atoms with Gasteiger partial charge in [0.05, 0.1) is 5.57 Å². The Morgan fingerprint density at radius 1 is 1.43 bits per heavy atom. The second-order valence-electron chi connectivity index (χ2n) is 2.72. The Labute approximate surface area is 82.6 Å². The van der Waals surface area contributed by atoms with E-state index in [2.05, 4.69) is 0 Å². The van der Waals surface area contributed by atoms with Crippen molar-refractivity contribution in [2.75, 3.05) is 6.61 Å². The van der Waals surface area contributed by atoms with Gasteiger partial charge in [0.2, 0.25) is 0 Å². The predicted molar refractivity (Wildman–Crippen MR) is 53.3 cm³/mol. The molecule has 0 atom stereocenters. The number of rotatable bonds is 4. The molecule has 0 unspecified atom stereocenters. The summed E-state index contributed by atoms with van der Waals surface area (Å²) in [6, 6.07) is 9.13. The van der Waals surface area contributed by atoms with Crippen molar-refractivity contribution < 1.29 is 14.6 Å². The molecule has 0 aliphatic heterocycles. The normalized spacial score (nSPS) is 11.1. The average molecular weight is 192 g/mol. The quantitative estimate of drug-likeness (QED) is 0.743. The number of carbonyl (C=O) groups is 1. The summed E-state index contributed by atoms with van der Waals surface area (Å²) >= 11 is 0. The van der Waals surface area contributed by atoms with Crippen LogP contribution in [-0.4, -0.2) is 17.7 Å². The number of benzene rings is 1. The molecule has 0 aromatic heterocycles. The minimum atomic E-state index is -0.941. The highest BCUT2D eigenvalue weighted by molar-refractivity contribution is 5.86. The van der Waals surface area contributed by atoms with Gasteiger partial charge in [-0.2, -0.15) is 0 Å². The van der Waals surface area contributed by atoms with Gasteiger partial charge in [0.25, 0.3) is 0 Å². The molecule has 0 fully saturated rings. The van der Waals surface area contributed by atoms with Crippen LogP contribution < -0.4 is 4.74 Å². The molecule has 0 spiro atoms. The average Bonchev–Trinajstić information content (AvgIpc) is 2.20. The van der Waals surface area contributed by atoms with Crippen LogP contribution in [0.15, 0.2) is 42.0 Å². The van der Waals surface area contributed by atoms with Gasteiger partial charge in [0, 0.05) is 0 Å². The standard InChI is InChI=1S/C11H12O3/c1-2-9(11(12)13)8-14-10-6-4-3-5-7-10/h2-7H,8H2,1H3,(H,12,13)/b9-2+. The lowest BCUT2D eigenvalue weighted by molar-refractivity contribution is -0.133. The fraction of sp³-hybridized carbons (Fsp3) is 0.182. The monoisotopic (exact) mass is 192 g/mol. The number of carboxylic acid groups (broad SMARTS) is 1. The Hall–Kier alpha value is -1.77. The van der Waals surface area contributed by atoms with Gasteiger partial charge >= 0.3 is 5.97 Å². The number of aliphatic carboxylic acids is 1. The summed E-state index contributed by atoms with van der Waals surface area (Å²) in [6.07, 6.45) is 1.53. The fourth-order valence-corrected chi connectivity index (χ4v) is 0.946. The highest BCUT2D eigenvalue weighted by Gasteiger charge is 2.05. The van der Waals surface area contributed by atoms with Crippen molar-refractivity contribution in [3.63, 3.8) is 0 Å². The van der Waals surface area contributed by atoms with Crippen LogP contribution in [0.25, 0.3) is 0 Å². The number of allylic oxidation sites excluding steroid dienone is 1. The van der Waals surface area contributed by atoms with Gasteiger partial charge < -0.3 is 9.84 Å². The molecule has 0 saturated carbocycles. The Morgan fingerprint density at radius 2 is 2.07 bits per heavy atom. The van der Waals surface area contributed by atoms with E-state index in [0.29, 0.717) is 5.75 Å². The largest absolute Gasteiger partial charge is 0.489 e. The van der Waals surface area contributed by atoms with Crippen molar-refractivity contribution in [1.82, 2.24) is 0 Å². The summed E-state index contributed by atoms with van der Waals surface area (Å²) in [5.74, 6) is -0.267. The third kappa shape index (κ3) is 2.94. The van der Waals surface area contributed by atoms with Crippen LogP contribution in [-0.2, 0) is 4.79 Å². The van der Waals surface area contributed by atoms with Crippen LogP contribution in [0.3, 0.4) is 0 Å². The fourth-order valence-electron chi connectivity index (χ4n) is 0.946. The molecule has 1 N–H and O–H groups in total. The van der Waals surface area contributed by atoms with Gasteiger partial charge in [-0.05, 0) is 19.1 Å². The summed E-state index contributed by atoms with van der Waals surface area (Å²) in [5, 5.41) is 8.70. The van der Waals surface area contributed by atoms with Crippen LogP contribution in [0, 0.1) is 0 Å². The van der Waals surface area contributed by atoms with E-state index >= 15 is 0 Å².